The van der Waals surface area contributed by atoms with Crippen LogP contribution in [0, 0.1) is 11.7 Å². The highest BCUT2D eigenvalue weighted by Gasteiger charge is 2.06. The van der Waals surface area contributed by atoms with Crippen molar-refractivity contribution in [2.45, 2.75) is 19.8 Å². The van der Waals surface area contributed by atoms with Gasteiger partial charge in [-0.3, -0.25) is 0 Å². The molecule has 4 heteroatoms. The average Bonchev–Trinajstić information content (AvgIpc) is 2.36. The Hall–Kier alpha value is -0.640. The molecule has 0 amide bonds. The predicted octanol–water partition coefficient (Wildman–Crippen LogP) is 3.28. The minimum atomic E-state index is -0.222. The first-order chi connectivity index (χ1) is 8.63. The molecule has 0 heterocycles. The van der Waals surface area contributed by atoms with E-state index in [2.05, 4.69) is 12.2 Å². The van der Waals surface area contributed by atoms with Crippen LogP contribution in [-0.4, -0.2) is 26.8 Å². The summed E-state index contributed by atoms with van der Waals surface area (Å²) in [6, 6.07) is 4.53. The summed E-state index contributed by atoms with van der Waals surface area (Å²) < 4.78 is 18.0. The Bertz CT molecular complexity index is 360. The highest BCUT2D eigenvalue weighted by Crippen LogP contribution is 2.20. The van der Waals surface area contributed by atoms with E-state index in [0.717, 1.165) is 38.1 Å². The molecule has 18 heavy (non-hydrogen) atoms. The lowest BCUT2D eigenvalue weighted by molar-refractivity contribution is 0.198. The van der Waals surface area contributed by atoms with E-state index in [1.165, 1.54) is 12.1 Å². The Morgan fingerprint density at radius 3 is 2.94 bits per heavy atom. The molecule has 0 bridgehead atoms. The van der Waals surface area contributed by atoms with Gasteiger partial charge in [-0.1, -0.05) is 18.5 Å². The molecule has 102 valence electrons. The number of nitrogens with one attached hydrogen (secondary N) is 1. The number of halogens is 2. The molecule has 1 aromatic rings. The van der Waals surface area contributed by atoms with Crippen molar-refractivity contribution in [3.8, 4) is 0 Å². The summed E-state index contributed by atoms with van der Waals surface area (Å²) in [7, 11) is 1.69. The molecule has 1 unspecified atom stereocenters. The Labute approximate surface area is 113 Å². The largest absolute Gasteiger partial charge is 0.383 e. The topological polar surface area (TPSA) is 21.3 Å². The minimum Gasteiger partial charge on any atom is -0.383 e. The molecule has 1 aromatic carbocycles. The fraction of sp³-hybridized carbons (Fsp3) is 0.571. The van der Waals surface area contributed by atoms with Crippen molar-refractivity contribution in [1.29, 1.82) is 0 Å². The molecule has 0 radical (unpaired) electrons. The van der Waals surface area contributed by atoms with Crippen LogP contribution in [0.3, 0.4) is 0 Å². The van der Waals surface area contributed by atoms with Gasteiger partial charge in [0.15, 0.2) is 0 Å². The maximum atomic E-state index is 13.1. The molecule has 0 spiro atoms. The lowest BCUT2D eigenvalue weighted by Gasteiger charge is -2.13. The number of benzene rings is 1. The van der Waals surface area contributed by atoms with Crippen LogP contribution >= 0.6 is 11.6 Å². The molecule has 0 fully saturated rings. The SMILES string of the molecule is COCCNCC(C)CCc1cc(F)ccc1Cl. The first-order valence-corrected chi connectivity index (χ1v) is 6.65. The van der Waals surface area contributed by atoms with Crippen molar-refractivity contribution in [3.05, 3.63) is 34.6 Å². The molecule has 0 aliphatic carbocycles. The smallest absolute Gasteiger partial charge is 0.123 e. The standard InChI is InChI=1S/C14H21ClFNO/c1-11(10-17-7-8-18-2)3-4-12-9-13(16)5-6-14(12)15/h5-6,9,11,17H,3-4,7-8,10H2,1-2H3. The summed E-state index contributed by atoms with van der Waals surface area (Å²) in [5.41, 5.74) is 0.889. The second-order valence-electron chi connectivity index (χ2n) is 4.58. The Balaban J connectivity index is 2.29. The van der Waals surface area contributed by atoms with Gasteiger partial charge < -0.3 is 10.1 Å². The van der Waals surface area contributed by atoms with E-state index < -0.39 is 0 Å². The van der Waals surface area contributed by atoms with Crippen LogP contribution in [0.5, 0.6) is 0 Å². The van der Waals surface area contributed by atoms with Crippen LogP contribution in [0.4, 0.5) is 4.39 Å². The van der Waals surface area contributed by atoms with Gasteiger partial charge in [0, 0.05) is 18.7 Å². The fourth-order valence-corrected chi connectivity index (χ4v) is 1.97. The minimum absolute atomic E-state index is 0.222. The van der Waals surface area contributed by atoms with Gasteiger partial charge in [-0.2, -0.15) is 0 Å². The van der Waals surface area contributed by atoms with Crippen LogP contribution < -0.4 is 5.32 Å². The van der Waals surface area contributed by atoms with E-state index in [1.54, 1.807) is 13.2 Å². The molecule has 0 aromatic heterocycles. The first kappa shape index (κ1) is 15.4. The van der Waals surface area contributed by atoms with Gasteiger partial charge in [-0.05, 0) is 49.1 Å². The van der Waals surface area contributed by atoms with Crippen LogP contribution in [0.15, 0.2) is 18.2 Å². The number of rotatable bonds is 8. The summed E-state index contributed by atoms with van der Waals surface area (Å²) in [5.74, 6) is 0.307. The normalized spacial score (nSPS) is 12.7. The van der Waals surface area contributed by atoms with E-state index in [0.29, 0.717) is 10.9 Å². The van der Waals surface area contributed by atoms with Crippen molar-refractivity contribution in [2.24, 2.45) is 5.92 Å². The first-order valence-electron chi connectivity index (χ1n) is 6.27. The van der Waals surface area contributed by atoms with Crippen LogP contribution in [0.25, 0.3) is 0 Å². The highest BCUT2D eigenvalue weighted by atomic mass is 35.5. The molecule has 0 saturated carbocycles. The summed E-state index contributed by atoms with van der Waals surface area (Å²) in [6.45, 7) is 4.70. The number of aryl methyl sites for hydroxylation is 1. The number of hydrogen-bond acceptors (Lipinski definition) is 2. The lowest BCUT2D eigenvalue weighted by atomic mass is 10.0. The monoisotopic (exact) mass is 273 g/mol. The van der Waals surface area contributed by atoms with Gasteiger partial charge in [0.1, 0.15) is 5.82 Å². The Morgan fingerprint density at radius 2 is 2.22 bits per heavy atom. The molecular weight excluding hydrogens is 253 g/mol. The van der Waals surface area contributed by atoms with Crippen molar-refractivity contribution < 1.29 is 9.13 Å². The van der Waals surface area contributed by atoms with Crippen LogP contribution in [-0.2, 0) is 11.2 Å². The fourth-order valence-electron chi connectivity index (χ4n) is 1.76. The zero-order chi connectivity index (χ0) is 13.4. The predicted molar refractivity (Wildman–Crippen MR) is 73.6 cm³/mol. The average molecular weight is 274 g/mol. The van der Waals surface area contributed by atoms with Crippen molar-refractivity contribution in [1.82, 2.24) is 5.32 Å². The highest BCUT2D eigenvalue weighted by molar-refractivity contribution is 6.31. The summed E-state index contributed by atoms with van der Waals surface area (Å²) >= 11 is 6.03. The van der Waals surface area contributed by atoms with Crippen LogP contribution in [0.1, 0.15) is 18.9 Å². The second kappa shape index (κ2) is 8.46. The zero-order valence-corrected chi connectivity index (χ0v) is 11.8. The molecule has 1 rings (SSSR count). The molecule has 1 atom stereocenters. The summed E-state index contributed by atoms with van der Waals surface area (Å²) in [5, 5.41) is 3.97. The number of hydrogen-bond donors (Lipinski definition) is 1. The van der Waals surface area contributed by atoms with Crippen molar-refractivity contribution in [2.75, 3.05) is 26.8 Å². The molecule has 2 nitrogen and oxygen atoms in total. The van der Waals surface area contributed by atoms with Crippen molar-refractivity contribution >= 4 is 11.6 Å². The molecule has 1 N–H and O–H groups in total. The number of ether oxygens (including phenoxy) is 1. The van der Waals surface area contributed by atoms with Gasteiger partial charge in [-0.15, -0.1) is 0 Å². The van der Waals surface area contributed by atoms with E-state index in [4.69, 9.17) is 16.3 Å². The zero-order valence-electron chi connectivity index (χ0n) is 11.0. The van der Waals surface area contributed by atoms with Gasteiger partial charge in [0.05, 0.1) is 6.61 Å². The second-order valence-corrected chi connectivity index (χ2v) is 4.98. The Kier molecular flexibility index (Phi) is 7.25. The van der Waals surface area contributed by atoms with Gasteiger partial charge in [0.2, 0.25) is 0 Å². The summed E-state index contributed by atoms with van der Waals surface area (Å²) in [6.07, 6.45) is 1.80. The summed E-state index contributed by atoms with van der Waals surface area (Å²) in [4.78, 5) is 0. The van der Waals surface area contributed by atoms with E-state index in [-0.39, 0.29) is 5.82 Å². The maximum Gasteiger partial charge on any atom is 0.123 e. The third-order valence-corrected chi connectivity index (χ3v) is 3.26. The molecule has 0 aliphatic heterocycles. The number of methoxy groups -OCH3 is 1. The third kappa shape index (κ3) is 5.80. The lowest BCUT2D eigenvalue weighted by Crippen LogP contribution is -2.25. The maximum absolute atomic E-state index is 13.1. The van der Waals surface area contributed by atoms with E-state index >= 15 is 0 Å². The van der Waals surface area contributed by atoms with Crippen molar-refractivity contribution in [3.63, 3.8) is 0 Å². The molecular formula is C14H21ClFNO. The third-order valence-electron chi connectivity index (χ3n) is 2.89. The Morgan fingerprint density at radius 1 is 1.44 bits per heavy atom. The van der Waals surface area contributed by atoms with Gasteiger partial charge in [-0.25, -0.2) is 4.39 Å². The quantitative estimate of drug-likeness (QED) is 0.734. The van der Waals surface area contributed by atoms with Gasteiger partial charge >= 0.3 is 0 Å². The van der Waals surface area contributed by atoms with E-state index in [9.17, 15) is 4.39 Å². The van der Waals surface area contributed by atoms with Gasteiger partial charge in [0.25, 0.3) is 0 Å². The van der Waals surface area contributed by atoms with E-state index in [1.807, 2.05) is 0 Å². The molecule has 0 saturated heterocycles. The van der Waals surface area contributed by atoms with Crippen LogP contribution in [0.2, 0.25) is 5.02 Å². The molecule has 0 aliphatic rings.